The first-order chi connectivity index (χ1) is 15.0. The summed E-state index contributed by atoms with van der Waals surface area (Å²) in [7, 11) is 4.10. The summed E-state index contributed by atoms with van der Waals surface area (Å²) >= 11 is 0. The number of hydrogen-bond donors (Lipinski definition) is 1. The summed E-state index contributed by atoms with van der Waals surface area (Å²) in [6.45, 7) is 5.50. The van der Waals surface area contributed by atoms with Gasteiger partial charge in [0.2, 0.25) is 5.91 Å². The Morgan fingerprint density at radius 2 is 1.90 bits per heavy atom. The van der Waals surface area contributed by atoms with E-state index in [1.54, 1.807) is 0 Å². The number of hydrogen-bond acceptors (Lipinski definition) is 5. The van der Waals surface area contributed by atoms with Crippen molar-refractivity contribution in [1.29, 1.82) is 0 Å². The maximum Gasteiger partial charge on any atom is 0.223 e. The first-order valence-corrected chi connectivity index (χ1v) is 11.1. The smallest absolute Gasteiger partial charge is 0.223 e. The third kappa shape index (κ3) is 5.05. The van der Waals surface area contributed by atoms with Crippen molar-refractivity contribution in [2.45, 2.75) is 26.2 Å². The van der Waals surface area contributed by atoms with Crippen molar-refractivity contribution in [3.63, 3.8) is 0 Å². The van der Waals surface area contributed by atoms with Crippen LogP contribution in [-0.4, -0.2) is 65.8 Å². The molecule has 4 rings (SSSR count). The third-order valence-corrected chi connectivity index (χ3v) is 5.98. The molecule has 1 aromatic carbocycles. The molecule has 7 nitrogen and oxygen atoms in total. The molecule has 0 aliphatic carbocycles. The zero-order valence-corrected chi connectivity index (χ0v) is 18.7. The molecular weight excluding hydrogens is 388 g/mol. The second-order valence-electron chi connectivity index (χ2n) is 8.71. The average molecular weight is 421 g/mol. The van der Waals surface area contributed by atoms with E-state index in [1.807, 2.05) is 23.3 Å². The number of anilines is 1. The topological polar surface area (TPSA) is 66.3 Å². The lowest BCUT2D eigenvalue weighted by atomic mass is 9.95. The number of benzene rings is 1. The van der Waals surface area contributed by atoms with Gasteiger partial charge in [0.15, 0.2) is 0 Å². The number of rotatable bonds is 7. The number of aromatic nitrogens is 3. The Kier molecular flexibility index (Phi) is 6.51. The number of pyridine rings is 1. The van der Waals surface area contributed by atoms with Crippen LogP contribution in [0.15, 0.2) is 42.9 Å². The largest absolute Gasteiger partial charge is 0.368 e. The van der Waals surface area contributed by atoms with Crippen molar-refractivity contribution in [2.75, 3.05) is 45.2 Å². The number of amides is 1. The maximum absolute atomic E-state index is 12.5. The molecular formula is C24H32N6O. The van der Waals surface area contributed by atoms with Gasteiger partial charge in [-0.25, -0.2) is 4.68 Å². The Labute approximate surface area is 184 Å². The highest BCUT2D eigenvalue weighted by Crippen LogP contribution is 2.29. The Balaban J connectivity index is 1.41. The van der Waals surface area contributed by atoms with Crippen LogP contribution in [0.1, 0.15) is 24.8 Å². The highest BCUT2D eigenvalue weighted by Gasteiger charge is 2.26. The van der Waals surface area contributed by atoms with Crippen LogP contribution in [0.4, 0.5) is 5.69 Å². The summed E-state index contributed by atoms with van der Waals surface area (Å²) < 4.78 is 1.92. The molecule has 164 valence electrons. The van der Waals surface area contributed by atoms with E-state index in [1.165, 1.54) is 5.56 Å². The van der Waals surface area contributed by atoms with Crippen LogP contribution in [0.25, 0.3) is 16.6 Å². The first-order valence-electron chi connectivity index (χ1n) is 11.1. The van der Waals surface area contributed by atoms with E-state index in [0.717, 1.165) is 67.7 Å². The minimum Gasteiger partial charge on any atom is -0.368 e. The summed E-state index contributed by atoms with van der Waals surface area (Å²) in [5.74, 6) is 0.284. The highest BCUT2D eigenvalue weighted by atomic mass is 16.1. The van der Waals surface area contributed by atoms with Gasteiger partial charge in [0.1, 0.15) is 5.52 Å². The maximum atomic E-state index is 12.5. The van der Waals surface area contributed by atoms with Crippen molar-refractivity contribution in [2.24, 2.45) is 5.92 Å². The third-order valence-electron chi connectivity index (χ3n) is 5.98. The molecule has 3 aromatic rings. The summed E-state index contributed by atoms with van der Waals surface area (Å²) in [5, 5.41) is 8.99. The normalized spacial score (nSPS) is 15.0. The molecule has 0 radical (unpaired) electrons. The van der Waals surface area contributed by atoms with Crippen molar-refractivity contribution in [3.05, 3.63) is 48.4 Å². The van der Waals surface area contributed by atoms with Crippen LogP contribution in [0.3, 0.4) is 0 Å². The molecule has 31 heavy (non-hydrogen) atoms. The first kappa shape index (κ1) is 21.3. The molecule has 1 aliphatic heterocycles. The van der Waals surface area contributed by atoms with Gasteiger partial charge in [0.25, 0.3) is 0 Å². The van der Waals surface area contributed by atoms with Gasteiger partial charge in [-0.1, -0.05) is 17.7 Å². The van der Waals surface area contributed by atoms with Gasteiger partial charge in [0.05, 0.1) is 17.6 Å². The summed E-state index contributed by atoms with van der Waals surface area (Å²) in [6, 6.07) is 8.35. The average Bonchev–Trinajstić information content (AvgIpc) is 3.21. The van der Waals surface area contributed by atoms with Gasteiger partial charge < -0.3 is 15.1 Å². The molecule has 1 amide bonds. The zero-order chi connectivity index (χ0) is 21.8. The van der Waals surface area contributed by atoms with Crippen LogP contribution in [-0.2, 0) is 4.79 Å². The van der Waals surface area contributed by atoms with Gasteiger partial charge in [-0.05, 0) is 59.0 Å². The molecule has 1 saturated heterocycles. The van der Waals surface area contributed by atoms with Crippen LogP contribution >= 0.6 is 0 Å². The lowest BCUT2D eigenvalue weighted by Crippen LogP contribution is -2.41. The van der Waals surface area contributed by atoms with E-state index >= 15 is 0 Å². The Hall–Kier alpha value is -2.93. The molecule has 0 saturated carbocycles. The molecule has 2 aromatic heterocycles. The van der Waals surface area contributed by atoms with E-state index in [-0.39, 0.29) is 11.8 Å². The molecule has 0 spiro atoms. The van der Waals surface area contributed by atoms with Crippen LogP contribution in [0.5, 0.6) is 0 Å². The number of carbonyl (C=O) groups is 1. The quantitative estimate of drug-likeness (QED) is 0.595. The highest BCUT2D eigenvalue weighted by molar-refractivity contribution is 5.90. The predicted molar refractivity (Wildman–Crippen MR) is 125 cm³/mol. The van der Waals surface area contributed by atoms with E-state index in [2.05, 4.69) is 65.4 Å². The van der Waals surface area contributed by atoms with Gasteiger partial charge in [-0.15, -0.1) is 0 Å². The number of piperidine rings is 1. The Morgan fingerprint density at radius 1 is 1.16 bits per heavy atom. The molecule has 0 bridgehead atoms. The Morgan fingerprint density at radius 3 is 2.61 bits per heavy atom. The SMILES string of the molecule is Cc1ccc(-n2cc3cncc(N4CCC(C(=O)NCCCN(C)C)CC4)c3n2)cc1. The van der Waals surface area contributed by atoms with Gasteiger partial charge in [-0.3, -0.25) is 9.78 Å². The number of carbonyl (C=O) groups excluding carboxylic acids is 1. The van der Waals surface area contributed by atoms with Crippen molar-refractivity contribution in [1.82, 2.24) is 25.0 Å². The molecule has 7 heteroatoms. The fraction of sp³-hybridized carbons (Fsp3) is 0.458. The minimum atomic E-state index is 0.0906. The standard InChI is InChI=1S/C24H32N6O/c1-18-5-7-21(8-6-18)30-17-20-15-25-16-22(23(20)27-30)29-13-9-19(10-14-29)24(31)26-11-4-12-28(2)3/h5-8,15-17,19H,4,9-14H2,1-3H3,(H,26,31). The van der Waals surface area contributed by atoms with Crippen LogP contribution in [0, 0.1) is 12.8 Å². The number of fused-ring (bicyclic) bond motifs is 1. The summed E-state index contributed by atoms with van der Waals surface area (Å²) in [6.07, 6.45) is 8.49. The fourth-order valence-corrected chi connectivity index (χ4v) is 4.13. The van der Waals surface area contributed by atoms with Gasteiger partial charge in [0, 0.05) is 43.3 Å². The van der Waals surface area contributed by atoms with Crippen molar-refractivity contribution < 1.29 is 4.79 Å². The van der Waals surface area contributed by atoms with Gasteiger partial charge >= 0.3 is 0 Å². The van der Waals surface area contributed by atoms with E-state index in [4.69, 9.17) is 5.10 Å². The number of aryl methyl sites for hydroxylation is 1. The lowest BCUT2D eigenvalue weighted by molar-refractivity contribution is -0.125. The van der Waals surface area contributed by atoms with E-state index in [9.17, 15) is 4.79 Å². The fourth-order valence-electron chi connectivity index (χ4n) is 4.13. The minimum absolute atomic E-state index is 0.0906. The molecule has 1 aliphatic rings. The van der Waals surface area contributed by atoms with Crippen molar-refractivity contribution >= 4 is 22.5 Å². The lowest BCUT2D eigenvalue weighted by Gasteiger charge is -2.32. The summed E-state index contributed by atoms with van der Waals surface area (Å²) in [5.41, 5.74) is 4.28. The van der Waals surface area contributed by atoms with E-state index < -0.39 is 0 Å². The molecule has 1 N–H and O–H groups in total. The number of nitrogens with zero attached hydrogens (tertiary/aromatic N) is 5. The van der Waals surface area contributed by atoms with Crippen LogP contribution < -0.4 is 10.2 Å². The second kappa shape index (κ2) is 9.47. The molecule has 3 heterocycles. The Bertz CT molecular complexity index is 1020. The molecule has 0 atom stereocenters. The molecule has 1 fully saturated rings. The predicted octanol–water partition coefficient (Wildman–Crippen LogP) is 3.01. The zero-order valence-electron chi connectivity index (χ0n) is 18.7. The van der Waals surface area contributed by atoms with Crippen molar-refractivity contribution in [3.8, 4) is 5.69 Å². The van der Waals surface area contributed by atoms with Gasteiger partial charge in [-0.2, -0.15) is 5.10 Å². The van der Waals surface area contributed by atoms with E-state index in [0.29, 0.717) is 0 Å². The molecule has 0 unspecified atom stereocenters. The second-order valence-corrected chi connectivity index (χ2v) is 8.71. The number of nitrogens with one attached hydrogen (secondary N) is 1. The summed E-state index contributed by atoms with van der Waals surface area (Å²) in [4.78, 5) is 21.4. The van der Waals surface area contributed by atoms with Crippen LogP contribution in [0.2, 0.25) is 0 Å². The monoisotopic (exact) mass is 420 g/mol.